The van der Waals surface area contributed by atoms with Gasteiger partial charge in [-0.25, -0.2) is 0 Å². The van der Waals surface area contributed by atoms with E-state index >= 15 is 0 Å². The summed E-state index contributed by atoms with van der Waals surface area (Å²) in [5.41, 5.74) is 0.235. The highest BCUT2D eigenvalue weighted by Crippen LogP contribution is 2.37. The second kappa shape index (κ2) is 3.51. The Morgan fingerprint density at radius 2 is 2.14 bits per heavy atom. The van der Waals surface area contributed by atoms with Crippen molar-refractivity contribution in [3.8, 4) is 0 Å². The first-order valence-electron chi connectivity index (χ1n) is 5.41. The van der Waals surface area contributed by atoms with Crippen molar-refractivity contribution in [2.75, 3.05) is 13.1 Å². The number of alkyl halides is 1. The van der Waals surface area contributed by atoms with Gasteiger partial charge >= 0.3 is 0 Å². The van der Waals surface area contributed by atoms with Crippen molar-refractivity contribution in [1.82, 2.24) is 4.90 Å². The van der Waals surface area contributed by atoms with Crippen LogP contribution in [-0.2, 0) is 4.79 Å². The zero-order valence-corrected chi connectivity index (χ0v) is 10.5. The van der Waals surface area contributed by atoms with Gasteiger partial charge in [0, 0.05) is 24.3 Å². The summed E-state index contributed by atoms with van der Waals surface area (Å²) in [7, 11) is 0. The van der Waals surface area contributed by atoms with Crippen LogP contribution >= 0.6 is 15.9 Å². The lowest BCUT2D eigenvalue weighted by atomic mass is 9.93. The first-order valence-corrected chi connectivity index (χ1v) is 6.32. The average molecular weight is 260 g/mol. The summed E-state index contributed by atoms with van der Waals surface area (Å²) < 4.78 is 0. The molecule has 1 aliphatic carbocycles. The monoisotopic (exact) mass is 259 g/mol. The molecule has 1 saturated heterocycles. The summed E-state index contributed by atoms with van der Waals surface area (Å²) in [5.74, 6) is 1.07. The van der Waals surface area contributed by atoms with Gasteiger partial charge in [0.1, 0.15) is 0 Å². The fourth-order valence-electron chi connectivity index (χ4n) is 1.98. The molecule has 1 heterocycles. The Morgan fingerprint density at radius 1 is 1.50 bits per heavy atom. The molecule has 0 aromatic rings. The number of hydrogen-bond acceptors (Lipinski definition) is 1. The maximum absolute atomic E-state index is 11.8. The summed E-state index contributed by atoms with van der Waals surface area (Å²) >= 11 is 3.66. The lowest BCUT2D eigenvalue weighted by molar-refractivity contribution is -0.130. The van der Waals surface area contributed by atoms with Gasteiger partial charge in [0.2, 0.25) is 5.91 Å². The lowest BCUT2D eigenvalue weighted by Gasteiger charge is -2.21. The van der Waals surface area contributed by atoms with Crippen molar-refractivity contribution in [3.05, 3.63) is 0 Å². The van der Waals surface area contributed by atoms with Gasteiger partial charge in [-0.3, -0.25) is 4.79 Å². The van der Waals surface area contributed by atoms with Crippen LogP contribution in [0.5, 0.6) is 0 Å². The van der Waals surface area contributed by atoms with Gasteiger partial charge in [-0.2, -0.15) is 0 Å². The van der Waals surface area contributed by atoms with E-state index in [2.05, 4.69) is 29.8 Å². The molecule has 2 fully saturated rings. The van der Waals surface area contributed by atoms with E-state index in [1.54, 1.807) is 0 Å². The van der Waals surface area contributed by atoms with Gasteiger partial charge < -0.3 is 4.90 Å². The van der Waals surface area contributed by atoms with Gasteiger partial charge in [-0.15, -0.1) is 0 Å². The minimum absolute atomic E-state index is 0.235. The van der Waals surface area contributed by atoms with Crippen LogP contribution in [-0.4, -0.2) is 28.7 Å². The molecule has 3 heteroatoms. The average Bonchev–Trinajstić information content (AvgIpc) is 2.81. The Kier molecular flexibility index (Phi) is 2.63. The third-order valence-corrected chi connectivity index (χ3v) is 4.87. The highest BCUT2D eigenvalue weighted by Gasteiger charge is 2.40. The van der Waals surface area contributed by atoms with Gasteiger partial charge in [0.25, 0.3) is 0 Å². The van der Waals surface area contributed by atoms with Crippen molar-refractivity contribution in [1.29, 1.82) is 0 Å². The Labute approximate surface area is 94.2 Å². The topological polar surface area (TPSA) is 20.3 Å². The summed E-state index contributed by atoms with van der Waals surface area (Å²) in [5, 5.41) is 0. The van der Waals surface area contributed by atoms with Crippen molar-refractivity contribution < 1.29 is 4.79 Å². The molecular formula is C11H18BrNO. The third kappa shape index (κ3) is 2.13. The predicted octanol–water partition coefficient (Wildman–Crippen LogP) is 2.42. The summed E-state index contributed by atoms with van der Waals surface area (Å²) in [4.78, 5) is 14.3. The van der Waals surface area contributed by atoms with E-state index in [-0.39, 0.29) is 5.41 Å². The van der Waals surface area contributed by atoms with E-state index in [9.17, 15) is 4.79 Å². The predicted molar refractivity (Wildman–Crippen MR) is 60.4 cm³/mol. The molecular weight excluding hydrogens is 242 g/mol. The first-order chi connectivity index (χ1) is 6.49. The van der Waals surface area contributed by atoms with E-state index in [4.69, 9.17) is 0 Å². The molecule has 1 unspecified atom stereocenters. The first kappa shape index (κ1) is 10.5. The molecule has 14 heavy (non-hydrogen) atoms. The number of rotatable bonds is 2. The lowest BCUT2D eigenvalue weighted by Crippen LogP contribution is -2.30. The Balaban J connectivity index is 1.90. The van der Waals surface area contributed by atoms with Crippen molar-refractivity contribution in [2.24, 2.45) is 11.3 Å². The fraction of sp³-hybridized carbons (Fsp3) is 0.909. The van der Waals surface area contributed by atoms with Gasteiger partial charge in [-0.05, 0) is 24.2 Å². The summed E-state index contributed by atoms with van der Waals surface area (Å²) in [6, 6.07) is 0. The van der Waals surface area contributed by atoms with Crippen LogP contribution in [0.25, 0.3) is 0 Å². The minimum Gasteiger partial charge on any atom is -0.341 e. The number of likely N-dealkylation sites (tertiary alicyclic amines) is 1. The number of carbonyl (C=O) groups excluding carboxylic acids is 1. The molecule has 1 saturated carbocycles. The van der Waals surface area contributed by atoms with Crippen LogP contribution < -0.4 is 0 Å². The molecule has 0 spiro atoms. The van der Waals surface area contributed by atoms with Crippen LogP contribution in [0.1, 0.15) is 33.1 Å². The highest BCUT2D eigenvalue weighted by atomic mass is 79.9. The Morgan fingerprint density at radius 3 is 2.57 bits per heavy atom. The van der Waals surface area contributed by atoms with Gasteiger partial charge in [0.05, 0.1) is 0 Å². The van der Waals surface area contributed by atoms with E-state index in [0.29, 0.717) is 16.7 Å². The number of halogens is 1. The highest BCUT2D eigenvalue weighted by molar-refractivity contribution is 9.09. The van der Waals surface area contributed by atoms with Crippen LogP contribution in [0.2, 0.25) is 0 Å². The quantitative estimate of drug-likeness (QED) is 0.698. The van der Waals surface area contributed by atoms with E-state index in [1.165, 1.54) is 12.8 Å². The van der Waals surface area contributed by atoms with Crippen LogP contribution in [0.3, 0.4) is 0 Å². The summed E-state index contributed by atoms with van der Waals surface area (Å²) in [6.07, 6.45) is 3.32. The Hall–Kier alpha value is -0.0500. The third-order valence-electron chi connectivity index (χ3n) is 3.34. The van der Waals surface area contributed by atoms with Crippen molar-refractivity contribution in [3.63, 3.8) is 0 Å². The largest absolute Gasteiger partial charge is 0.341 e. The summed E-state index contributed by atoms with van der Waals surface area (Å²) in [6.45, 7) is 6.24. The SMILES string of the molecule is CC1(C)CN(C(=O)CC2CC2)CC1Br. The van der Waals surface area contributed by atoms with E-state index in [0.717, 1.165) is 19.5 Å². The second-order valence-corrected chi connectivity index (χ2v) is 6.48. The molecule has 0 N–H and O–H groups in total. The number of hydrogen-bond donors (Lipinski definition) is 0. The molecule has 0 aromatic carbocycles. The van der Waals surface area contributed by atoms with E-state index < -0.39 is 0 Å². The standard InChI is InChI=1S/C11H18BrNO/c1-11(2)7-13(6-9(11)12)10(14)5-8-3-4-8/h8-9H,3-7H2,1-2H3. The number of amides is 1. The molecule has 80 valence electrons. The molecule has 0 bridgehead atoms. The molecule has 1 atom stereocenters. The molecule has 1 amide bonds. The Bertz CT molecular complexity index is 248. The number of nitrogens with zero attached hydrogens (tertiary/aromatic N) is 1. The molecule has 2 aliphatic rings. The van der Waals surface area contributed by atoms with Crippen molar-refractivity contribution in [2.45, 2.75) is 37.9 Å². The normalized spacial score (nSPS) is 30.8. The number of carbonyl (C=O) groups is 1. The van der Waals surface area contributed by atoms with Gasteiger partial charge in [-0.1, -0.05) is 29.8 Å². The van der Waals surface area contributed by atoms with Crippen LogP contribution in [0.15, 0.2) is 0 Å². The molecule has 0 aromatic heterocycles. The zero-order valence-electron chi connectivity index (χ0n) is 8.92. The van der Waals surface area contributed by atoms with Crippen LogP contribution in [0.4, 0.5) is 0 Å². The van der Waals surface area contributed by atoms with Gasteiger partial charge in [0.15, 0.2) is 0 Å². The molecule has 2 rings (SSSR count). The van der Waals surface area contributed by atoms with E-state index in [1.807, 2.05) is 4.90 Å². The zero-order chi connectivity index (χ0) is 10.3. The molecule has 2 nitrogen and oxygen atoms in total. The molecule has 1 aliphatic heterocycles. The van der Waals surface area contributed by atoms with Crippen LogP contribution in [0, 0.1) is 11.3 Å². The fourth-order valence-corrected chi connectivity index (χ4v) is 2.48. The molecule has 0 radical (unpaired) electrons. The van der Waals surface area contributed by atoms with Crippen molar-refractivity contribution >= 4 is 21.8 Å². The smallest absolute Gasteiger partial charge is 0.222 e. The maximum atomic E-state index is 11.8. The minimum atomic E-state index is 0.235. The second-order valence-electron chi connectivity index (χ2n) is 5.38. The maximum Gasteiger partial charge on any atom is 0.222 e.